The topological polar surface area (TPSA) is 76.4 Å². The molecule has 0 aliphatic carbocycles. The number of carbonyl (C=O) groups is 1. The minimum absolute atomic E-state index is 0.0653. The van der Waals surface area contributed by atoms with E-state index in [9.17, 15) is 13.2 Å². The summed E-state index contributed by atoms with van der Waals surface area (Å²) < 4.78 is 27.8. The maximum Gasteiger partial charge on any atom is 0.261 e. The molecule has 1 atom stereocenters. The highest BCUT2D eigenvalue weighted by Crippen LogP contribution is 2.29. The van der Waals surface area contributed by atoms with Crippen molar-refractivity contribution < 1.29 is 17.6 Å². The Bertz CT molecular complexity index is 758. The maximum atomic E-state index is 12.1. The zero-order valence-electron chi connectivity index (χ0n) is 12.8. The van der Waals surface area contributed by atoms with E-state index in [2.05, 4.69) is 5.32 Å². The number of hydrogen-bond donors (Lipinski definition) is 1. The molecule has 0 aromatic carbocycles. The van der Waals surface area contributed by atoms with Crippen molar-refractivity contribution in [3.05, 3.63) is 34.9 Å². The molecule has 0 unspecified atom stereocenters. The summed E-state index contributed by atoms with van der Waals surface area (Å²) in [7, 11) is -3.01. The summed E-state index contributed by atoms with van der Waals surface area (Å²) in [5, 5.41) is 2.82. The van der Waals surface area contributed by atoms with E-state index in [-0.39, 0.29) is 17.7 Å². The van der Waals surface area contributed by atoms with E-state index >= 15 is 0 Å². The quantitative estimate of drug-likeness (QED) is 0.876. The molecule has 1 N–H and O–H groups in total. The Labute approximate surface area is 134 Å². The molecule has 7 heteroatoms. The minimum atomic E-state index is -3.01. The van der Waals surface area contributed by atoms with Crippen molar-refractivity contribution in [2.45, 2.75) is 26.3 Å². The van der Waals surface area contributed by atoms with Crippen molar-refractivity contribution in [3.63, 3.8) is 0 Å². The fourth-order valence-corrected chi connectivity index (χ4v) is 3.57. The number of nitrogens with one attached hydrogen (secondary N) is 1. The van der Waals surface area contributed by atoms with E-state index < -0.39 is 9.84 Å². The third-order valence-electron chi connectivity index (χ3n) is 3.11. The van der Waals surface area contributed by atoms with Crippen LogP contribution in [0.4, 0.5) is 0 Å². The van der Waals surface area contributed by atoms with Gasteiger partial charge in [0.15, 0.2) is 0 Å². The van der Waals surface area contributed by atoms with Gasteiger partial charge in [-0.25, -0.2) is 8.42 Å². The highest BCUT2D eigenvalue weighted by molar-refractivity contribution is 7.90. The summed E-state index contributed by atoms with van der Waals surface area (Å²) in [6, 6.07) is 7.15. The van der Waals surface area contributed by atoms with E-state index in [0.717, 1.165) is 16.4 Å². The first-order valence-electron chi connectivity index (χ1n) is 6.90. The van der Waals surface area contributed by atoms with Gasteiger partial charge in [0, 0.05) is 12.3 Å². The normalized spacial score (nSPS) is 13.0. The van der Waals surface area contributed by atoms with Crippen LogP contribution >= 0.6 is 11.3 Å². The molecule has 0 bridgehead atoms. The molecule has 0 aliphatic heterocycles. The van der Waals surface area contributed by atoms with Crippen LogP contribution in [0.15, 0.2) is 28.7 Å². The zero-order valence-corrected chi connectivity index (χ0v) is 14.4. The highest BCUT2D eigenvalue weighted by atomic mass is 32.2. The molecule has 1 amide bonds. The van der Waals surface area contributed by atoms with Gasteiger partial charge in [-0.1, -0.05) is 0 Å². The second-order valence-corrected chi connectivity index (χ2v) is 8.71. The van der Waals surface area contributed by atoms with E-state index in [1.54, 1.807) is 13.0 Å². The first kappa shape index (κ1) is 16.8. The van der Waals surface area contributed by atoms with Crippen molar-refractivity contribution in [2.24, 2.45) is 0 Å². The van der Waals surface area contributed by atoms with E-state index in [0.29, 0.717) is 11.3 Å². The van der Waals surface area contributed by atoms with Crippen LogP contribution in [0.1, 0.15) is 28.8 Å². The largest absolute Gasteiger partial charge is 0.461 e. The zero-order chi connectivity index (χ0) is 16.3. The van der Waals surface area contributed by atoms with Crippen LogP contribution in [-0.2, 0) is 9.84 Å². The van der Waals surface area contributed by atoms with Crippen molar-refractivity contribution >= 4 is 27.1 Å². The monoisotopic (exact) mass is 341 g/mol. The van der Waals surface area contributed by atoms with Crippen molar-refractivity contribution in [2.75, 3.05) is 12.0 Å². The third-order valence-corrected chi connectivity index (χ3v) is 5.19. The molecule has 0 saturated carbocycles. The predicted octanol–water partition coefficient (Wildman–Crippen LogP) is 2.87. The first-order chi connectivity index (χ1) is 10.2. The lowest BCUT2D eigenvalue weighted by Gasteiger charge is -2.12. The summed E-state index contributed by atoms with van der Waals surface area (Å²) >= 11 is 1.35. The fourth-order valence-electron chi connectivity index (χ4n) is 1.92. The number of hydrogen-bond acceptors (Lipinski definition) is 5. The van der Waals surface area contributed by atoms with Gasteiger partial charge < -0.3 is 9.73 Å². The van der Waals surface area contributed by atoms with Crippen LogP contribution in [0.2, 0.25) is 0 Å². The van der Waals surface area contributed by atoms with Crippen molar-refractivity contribution in [3.8, 4) is 10.6 Å². The molecular formula is C15H19NO4S2. The lowest BCUT2D eigenvalue weighted by Crippen LogP contribution is -2.33. The molecule has 0 saturated heterocycles. The van der Waals surface area contributed by atoms with Crippen LogP contribution in [0, 0.1) is 6.92 Å². The van der Waals surface area contributed by atoms with Gasteiger partial charge in [-0.3, -0.25) is 4.79 Å². The van der Waals surface area contributed by atoms with Crippen LogP contribution in [-0.4, -0.2) is 32.4 Å². The smallest absolute Gasteiger partial charge is 0.261 e. The number of furan rings is 1. The molecule has 0 radical (unpaired) electrons. The Morgan fingerprint density at radius 3 is 2.64 bits per heavy atom. The molecular weight excluding hydrogens is 322 g/mol. The molecule has 0 spiro atoms. The standard InChI is InChI=1S/C15H19NO4S2/c1-10(8-9-22(3,18)19)16-15(17)14-7-6-13(21-14)12-5-4-11(2)20-12/h4-7,10H,8-9H2,1-3H3,(H,16,17)/t10-/m1/s1. The lowest BCUT2D eigenvalue weighted by molar-refractivity contribution is 0.0943. The number of aryl methyl sites for hydroxylation is 1. The SMILES string of the molecule is Cc1ccc(-c2ccc(C(=O)N[C@H](C)CCS(C)(=O)=O)s2)o1. The van der Waals surface area contributed by atoms with Crippen LogP contribution in [0.25, 0.3) is 10.6 Å². The molecule has 120 valence electrons. The number of sulfone groups is 1. The van der Waals surface area contributed by atoms with Gasteiger partial charge in [0.1, 0.15) is 21.4 Å². The van der Waals surface area contributed by atoms with Crippen molar-refractivity contribution in [1.82, 2.24) is 5.32 Å². The summed E-state index contributed by atoms with van der Waals surface area (Å²) in [5.41, 5.74) is 0. The molecule has 0 aliphatic rings. The van der Waals surface area contributed by atoms with Crippen LogP contribution in [0.3, 0.4) is 0 Å². The number of thiophene rings is 1. The molecule has 2 heterocycles. The molecule has 2 rings (SSSR count). The van der Waals surface area contributed by atoms with Gasteiger partial charge in [0.05, 0.1) is 15.5 Å². The number of rotatable bonds is 6. The van der Waals surface area contributed by atoms with Crippen LogP contribution in [0.5, 0.6) is 0 Å². The van der Waals surface area contributed by atoms with E-state index in [1.165, 1.54) is 17.6 Å². The summed E-state index contributed by atoms with van der Waals surface area (Å²) in [5.74, 6) is 1.44. The number of carbonyl (C=O) groups excluding carboxylic acids is 1. The van der Waals surface area contributed by atoms with E-state index in [1.807, 2.05) is 25.1 Å². The Balaban J connectivity index is 1.97. The predicted molar refractivity (Wildman–Crippen MR) is 88.0 cm³/mol. The van der Waals surface area contributed by atoms with Gasteiger partial charge >= 0.3 is 0 Å². The Morgan fingerprint density at radius 1 is 1.32 bits per heavy atom. The Kier molecular flexibility index (Phi) is 5.08. The summed E-state index contributed by atoms with van der Waals surface area (Å²) in [6.07, 6.45) is 1.60. The van der Waals surface area contributed by atoms with Crippen LogP contribution < -0.4 is 5.32 Å². The molecule has 0 fully saturated rings. The second kappa shape index (κ2) is 6.66. The molecule has 2 aromatic heterocycles. The third kappa shape index (κ3) is 4.71. The number of amides is 1. The average molecular weight is 341 g/mol. The maximum absolute atomic E-state index is 12.1. The Morgan fingerprint density at radius 2 is 2.05 bits per heavy atom. The summed E-state index contributed by atoms with van der Waals surface area (Å²) in [4.78, 5) is 13.6. The average Bonchev–Trinajstić information content (AvgIpc) is 3.04. The van der Waals surface area contributed by atoms with Gasteiger partial charge in [-0.15, -0.1) is 11.3 Å². The van der Waals surface area contributed by atoms with E-state index in [4.69, 9.17) is 4.42 Å². The summed E-state index contributed by atoms with van der Waals surface area (Å²) in [6.45, 7) is 3.67. The minimum Gasteiger partial charge on any atom is -0.461 e. The van der Waals surface area contributed by atoms with Gasteiger partial charge in [-0.2, -0.15) is 0 Å². The van der Waals surface area contributed by atoms with Gasteiger partial charge in [0.2, 0.25) is 0 Å². The lowest BCUT2D eigenvalue weighted by atomic mass is 10.2. The highest BCUT2D eigenvalue weighted by Gasteiger charge is 2.15. The molecule has 2 aromatic rings. The Hall–Kier alpha value is -1.60. The molecule has 22 heavy (non-hydrogen) atoms. The first-order valence-corrected chi connectivity index (χ1v) is 9.77. The fraction of sp³-hybridized carbons (Fsp3) is 0.400. The van der Waals surface area contributed by atoms with Crippen molar-refractivity contribution in [1.29, 1.82) is 0 Å². The second-order valence-electron chi connectivity index (χ2n) is 5.37. The van der Waals surface area contributed by atoms with Gasteiger partial charge in [-0.05, 0) is 44.5 Å². The van der Waals surface area contributed by atoms with Gasteiger partial charge in [0.25, 0.3) is 5.91 Å². The molecule has 5 nitrogen and oxygen atoms in total.